The zero-order valence-corrected chi connectivity index (χ0v) is 16.6. The number of para-hydroxylation sites is 1. The molecule has 0 amide bonds. The fraction of sp³-hybridized carbons (Fsp3) is 0.269. The van der Waals surface area contributed by atoms with Crippen molar-refractivity contribution in [3.05, 3.63) is 102 Å². The summed E-state index contributed by atoms with van der Waals surface area (Å²) in [4.78, 5) is 7.41. The molecule has 29 heavy (non-hydrogen) atoms. The zero-order valence-electron chi connectivity index (χ0n) is 16.6. The van der Waals surface area contributed by atoms with Gasteiger partial charge >= 0.3 is 0 Å². The lowest BCUT2D eigenvalue weighted by Gasteiger charge is -2.40. The van der Waals surface area contributed by atoms with E-state index in [1.165, 1.54) is 19.3 Å². The molecule has 2 heterocycles. The number of piperidine rings is 1. The van der Waals surface area contributed by atoms with Crippen molar-refractivity contribution in [2.24, 2.45) is 4.99 Å². The number of rotatable bonds is 4. The second-order valence-corrected chi connectivity index (χ2v) is 7.87. The molecule has 0 bridgehead atoms. The van der Waals surface area contributed by atoms with Crippen LogP contribution in [0.4, 0.5) is 5.69 Å². The van der Waals surface area contributed by atoms with Crippen LogP contribution in [0.1, 0.15) is 36.0 Å². The van der Waals surface area contributed by atoms with Crippen LogP contribution in [0.5, 0.6) is 0 Å². The number of likely N-dealkylation sites (tertiary alicyclic amines) is 1. The first-order valence-electron chi connectivity index (χ1n) is 10.6. The van der Waals surface area contributed by atoms with E-state index >= 15 is 0 Å². The van der Waals surface area contributed by atoms with Crippen LogP contribution in [0, 0.1) is 0 Å². The van der Waals surface area contributed by atoms with Gasteiger partial charge in [-0.1, -0.05) is 85.3 Å². The van der Waals surface area contributed by atoms with Crippen molar-refractivity contribution in [1.29, 1.82) is 0 Å². The molecule has 0 radical (unpaired) electrons. The lowest BCUT2D eigenvalue weighted by Crippen LogP contribution is -2.42. The second kappa shape index (κ2) is 7.84. The maximum atomic E-state index is 6.88. The first-order chi connectivity index (χ1) is 14.4. The summed E-state index contributed by atoms with van der Waals surface area (Å²) in [6, 6.07) is 29.5. The number of fused-ring (bicyclic) bond motifs is 1. The highest BCUT2D eigenvalue weighted by atomic mass is 16.5. The molecule has 3 aromatic rings. The van der Waals surface area contributed by atoms with Crippen molar-refractivity contribution in [3.63, 3.8) is 0 Å². The summed E-state index contributed by atoms with van der Waals surface area (Å²) in [5.74, 6) is 0.804. The summed E-state index contributed by atoms with van der Waals surface area (Å²) in [5.41, 5.74) is 3.67. The Kier molecular flexibility index (Phi) is 4.91. The number of aliphatic imine (C=N–C) groups is 1. The molecule has 3 aromatic carbocycles. The van der Waals surface area contributed by atoms with Crippen LogP contribution in [-0.2, 0) is 10.3 Å². The summed E-state index contributed by atoms with van der Waals surface area (Å²) in [6.07, 6.45) is 3.84. The molecule has 0 spiro atoms. The monoisotopic (exact) mass is 382 g/mol. The quantitative estimate of drug-likeness (QED) is 0.593. The summed E-state index contributed by atoms with van der Waals surface area (Å²) in [7, 11) is 0. The number of nitrogens with zero attached hydrogens (tertiary/aromatic N) is 2. The van der Waals surface area contributed by atoms with E-state index in [0.29, 0.717) is 0 Å². The lowest BCUT2D eigenvalue weighted by molar-refractivity contribution is 0.121. The Hall–Kier alpha value is -2.91. The Bertz CT molecular complexity index is 952. The molecular weight excluding hydrogens is 356 g/mol. The minimum Gasteiger partial charge on any atom is -0.458 e. The fourth-order valence-electron chi connectivity index (χ4n) is 4.58. The SMILES string of the molecule is c1ccc(C2(c3ccccc3)OC(CN3CCCCC3)=Nc3ccccc32)cc1. The van der Waals surface area contributed by atoms with Crippen LogP contribution in [0.25, 0.3) is 0 Å². The van der Waals surface area contributed by atoms with Gasteiger partial charge in [-0.25, -0.2) is 4.99 Å². The molecule has 5 rings (SSSR count). The van der Waals surface area contributed by atoms with Gasteiger partial charge in [0, 0.05) is 16.7 Å². The predicted octanol–water partition coefficient (Wildman–Crippen LogP) is 5.52. The van der Waals surface area contributed by atoms with Crippen molar-refractivity contribution in [1.82, 2.24) is 4.90 Å². The van der Waals surface area contributed by atoms with E-state index in [0.717, 1.165) is 47.9 Å². The average molecular weight is 383 g/mol. The average Bonchev–Trinajstić information content (AvgIpc) is 2.80. The normalized spacial score (nSPS) is 18.4. The van der Waals surface area contributed by atoms with Crippen LogP contribution in [-0.4, -0.2) is 30.4 Å². The number of benzene rings is 3. The first-order valence-corrected chi connectivity index (χ1v) is 10.6. The Morgan fingerprint density at radius 1 is 0.724 bits per heavy atom. The van der Waals surface area contributed by atoms with Gasteiger partial charge in [0.25, 0.3) is 0 Å². The lowest BCUT2D eigenvalue weighted by atomic mass is 9.78. The van der Waals surface area contributed by atoms with Gasteiger partial charge < -0.3 is 4.74 Å². The highest BCUT2D eigenvalue weighted by molar-refractivity contribution is 5.86. The molecule has 3 nitrogen and oxygen atoms in total. The van der Waals surface area contributed by atoms with Crippen LogP contribution < -0.4 is 0 Å². The fourth-order valence-corrected chi connectivity index (χ4v) is 4.58. The summed E-state index contributed by atoms with van der Waals surface area (Å²) in [5, 5.41) is 0. The molecule has 2 aliphatic rings. The molecule has 146 valence electrons. The van der Waals surface area contributed by atoms with E-state index in [9.17, 15) is 0 Å². The van der Waals surface area contributed by atoms with E-state index in [-0.39, 0.29) is 0 Å². The maximum Gasteiger partial charge on any atom is 0.204 e. The van der Waals surface area contributed by atoms with Crippen LogP contribution >= 0.6 is 0 Å². The van der Waals surface area contributed by atoms with Gasteiger partial charge in [0.2, 0.25) is 5.90 Å². The van der Waals surface area contributed by atoms with Crippen molar-refractivity contribution in [2.75, 3.05) is 19.6 Å². The highest BCUT2D eigenvalue weighted by Crippen LogP contribution is 2.47. The largest absolute Gasteiger partial charge is 0.458 e. The van der Waals surface area contributed by atoms with Gasteiger partial charge in [-0.15, -0.1) is 0 Å². The molecule has 0 aromatic heterocycles. The molecular formula is C26H26N2O. The van der Waals surface area contributed by atoms with Crippen molar-refractivity contribution >= 4 is 11.6 Å². The zero-order chi connectivity index (χ0) is 19.5. The maximum absolute atomic E-state index is 6.88. The van der Waals surface area contributed by atoms with Crippen LogP contribution in [0.15, 0.2) is 89.9 Å². The molecule has 1 fully saturated rings. The summed E-state index contributed by atoms with van der Waals surface area (Å²) < 4.78 is 6.88. The van der Waals surface area contributed by atoms with Gasteiger partial charge in [0.1, 0.15) is 0 Å². The van der Waals surface area contributed by atoms with Gasteiger partial charge in [-0.2, -0.15) is 0 Å². The summed E-state index contributed by atoms with van der Waals surface area (Å²) >= 11 is 0. The third kappa shape index (κ3) is 3.36. The first kappa shape index (κ1) is 18.1. The van der Waals surface area contributed by atoms with Crippen molar-refractivity contribution < 1.29 is 4.74 Å². The third-order valence-corrected chi connectivity index (χ3v) is 5.97. The number of hydrogen-bond donors (Lipinski definition) is 0. The molecule has 0 atom stereocenters. The Morgan fingerprint density at radius 3 is 1.97 bits per heavy atom. The van der Waals surface area contributed by atoms with E-state index in [1.807, 2.05) is 0 Å². The van der Waals surface area contributed by atoms with E-state index in [2.05, 4.69) is 89.8 Å². The van der Waals surface area contributed by atoms with Gasteiger partial charge in [-0.05, 0) is 32.0 Å². The molecule has 0 unspecified atom stereocenters. The van der Waals surface area contributed by atoms with E-state index in [4.69, 9.17) is 9.73 Å². The Morgan fingerprint density at radius 2 is 1.31 bits per heavy atom. The predicted molar refractivity (Wildman–Crippen MR) is 118 cm³/mol. The molecule has 0 N–H and O–H groups in total. The van der Waals surface area contributed by atoms with Crippen molar-refractivity contribution in [2.45, 2.75) is 24.9 Å². The molecule has 1 saturated heterocycles. The molecule has 3 heteroatoms. The van der Waals surface area contributed by atoms with Gasteiger partial charge in [-0.3, -0.25) is 4.90 Å². The third-order valence-electron chi connectivity index (χ3n) is 5.97. The molecule has 0 saturated carbocycles. The number of hydrogen-bond acceptors (Lipinski definition) is 3. The van der Waals surface area contributed by atoms with Crippen LogP contribution in [0.2, 0.25) is 0 Å². The Labute approximate surface area is 172 Å². The molecule has 2 aliphatic heterocycles. The molecule has 0 aliphatic carbocycles. The topological polar surface area (TPSA) is 24.8 Å². The standard InChI is InChI=1S/C26H26N2O/c1-4-12-21(13-5-1)26(22-14-6-2-7-15-22)23-16-8-9-17-24(23)27-25(29-26)20-28-18-10-3-11-19-28/h1-2,4-9,12-17H,3,10-11,18-20H2. The van der Waals surface area contributed by atoms with Crippen LogP contribution in [0.3, 0.4) is 0 Å². The van der Waals surface area contributed by atoms with Gasteiger partial charge in [0.05, 0.1) is 12.2 Å². The smallest absolute Gasteiger partial charge is 0.204 e. The van der Waals surface area contributed by atoms with Gasteiger partial charge in [0.15, 0.2) is 5.60 Å². The summed E-state index contributed by atoms with van der Waals surface area (Å²) in [6.45, 7) is 3.00. The minimum atomic E-state index is -0.689. The Balaban J connectivity index is 1.66. The van der Waals surface area contributed by atoms with E-state index < -0.39 is 5.60 Å². The van der Waals surface area contributed by atoms with Crippen molar-refractivity contribution in [3.8, 4) is 0 Å². The second-order valence-electron chi connectivity index (χ2n) is 7.87. The minimum absolute atomic E-state index is 0.689. The van der Waals surface area contributed by atoms with E-state index in [1.54, 1.807) is 0 Å². The number of ether oxygens (including phenoxy) is 1. The highest BCUT2D eigenvalue weighted by Gasteiger charge is 2.44.